The fraction of sp³-hybridized carbons (Fsp3) is 0.273. The fourth-order valence-electron chi connectivity index (χ4n) is 4.42. The Kier molecular flexibility index (Phi) is 3.93. The number of carbonyl (C=O) groups excluding carboxylic acids is 1. The second-order valence-electron chi connectivity index (χ2n) is 7.38. The number of anilines is 1. The predicted molar refractivity (Wildman–Crippen MR) is 110 cm³/mol. The molecule has 3 aromatic rings. The zero-order valence-electron chi connectivity index (χ0n) is 15.2. The summed E-state index contributed by atoms with van der Waals surface area (Å²) in [4.78, 5) is 15.5. The van der Waals surface area contributed by atoms with Crippen molar-refractivity contribution in [3.63, 3.8) is 0 Å². The molecule has 1 amide bonds. The molecule has 5 heteroatoms. The standard InChI is InChI=1S/C22H20BrN3O/c1-14-12-15-6-2-3-10-19(15)25(14)22(27)21-18-9-5-11-20(18)26(24-21)17-8-4-7-16(23)13-17/h2-4,6-8,10,13-14H,5,9,11-12H2,1H3/t14-/m0/s1. The molecule has 0 saturated carbocycles. The zero-order chi connectivity index (χ0) is 18.5. The number of rotatable bonds is 2. The predicted octanol–water partition coefficient (Wildman–Crippen LogP) is 4.71. The number of nitrogens with zero attached hydrogens (tertiary/aromatic N) is 3. The summed E-state index contributed by atoms with van der Waals surface area (Å²) in [7, 11) is 0. The highest BCUT2D eigenvalue weighted by Crippen LogP contribution is 2.35. The molecule has 5 rings (SSSR count). The third-order valence-electron chi connectivity index (χ3n) is 5.61. The maximum Gasteiger partial charge on any atom is 0.279 e. The molecule has 1 aliphatic carbocycles. The zero-order valence-corrected chi connectivity index (χ0v) is 16.7. The van der Waals surface area contributed by atoms with E-state index in [1.807, 2.05) is 52.0 Å². The highest BCUT2D eigenvalue weighted by molar-refractivity contribution is 9.10. The van der Waals surface area contributed by atoms with Gasteiger partial charge in [-0.2, -0.15) is 5.10 Å². The Morgan fingerprint density at radius 3 is 2.85 bits per heavy atom. The average Bonchev–Trinajstić information content (AvgIpc) is 3.33. The number of halogens is 1. The molecule has 4 nitrogen and oxygen atoms in total. The van der Waals surface area contributed by atoms with Gasteiger partial charge in [-0.3, -0.25) is 4.79 Å². The maximum atomic E-state index is 13.5. The number of benzene rings is 2. The average molecular weight is 422 g/mol. The molecule has 2 aliphatic rings. The van der Waals surface area contributed by atoms with Gasteiger partial charge in [0, 0.05) is 27.5 Å². The minimum atomic E-state index is 0.0272. The van der Waals surface area contributed by atoms with Crippen LogP contribution in [-0.4, -0.2) is 21.7 Å². The van der Waals surface area contributed by atoms with Crippen molar-refractivity contribution in [2.45, 2.75) is 38.6 Å². The van der Waals surface area contributed by atoms with Crippen molar-refractivity contribution < 1.29 is 4.79 Å². The number of hydrogen-bond donors (Lipinski definition) is 0. The summed E-state index contributed by atoms with van der Waals surface area (Å²) in [6.07, 6.45) is 3.87. The van der Waals surface area contributed by atoms with Crippen LogP contribution in [0, 0.1) is 0 Å². The van der Waals surface area contributed by atoms with Gasteiger partial charge in [-0.05, 0) is 62.4 Å². The summed E-state index contributed by atoms with van der Waals surface area (Å²) in [5.74, 6) is 0.0272. The third-order valence-corrected chi connectivity index (χ3v) is 6.10. The quantitative estimate of drug-likeness (QED) is 0.600. The molecule has 0 spiro atoms. The Balaban J connectivity index is 1.60. The van der Waals surface area contributed by atoms with Gasteiger partial charge in [0.15, 0.2) is 5.69 Å². The van der Waals surface area contributed by atoms with E-state index in [1.165, 1.54) is 11.3 Å². The summed E-state index contributed by atoms with van der Waals surface area (Å²) < 4.78 is 2.98. The van der Waals surface area contributed by atoms with E-state index in [2.05, 4.69) is 28.9 Å². The van der Waals surface area contributed by atoms with Crippen LogP contribution in [0.3, 0.4) is 0 Å². The van der Waals surface area contributed by atoms with Crippen LogP contribution in [0.4, 0.5) is 5.69 Å². The van der Waals surface area contributed by atoms with Crippen LogP contribution in [0.15, 0.2) is 53.0 Å². The first-order chi connectivity index (χ1) is 13.1. The SMILES string of the molecule is C[C@H]1Cc2ccccc2N1C(=O)c1nn(-c2cccc(Br)c2)c2c1CCC2. The summed E-state index contributed by atoms with van der Waals surface area (Å²) in [6.45, 7) is 2.11. The Morgan fingerprint density at radius 2 is 2.00 bits per heavy atom. The second-order valence-corrected chi connectivity index (χ2v) is 8.29. The number of aromatic nitrogens is 2. The molecule has 0 bridgehead atoms. The van der Waals surface area contributed by atoms with E-state index < -0.39 is 0 Å². The summed E-state index contributed by atoms with van der Waals surface area (Å²) in [5.41, 5.74) is 6.18. The van der Waals surface area contributed by atoms with E-state index >= 15 is 0 Å². The third kappa shape index (κ3) is 2.64. The van der Waals surface area contributed by atoms with E-state index in [0.717, 1.165) is 47.1 Å². The molecule has 1 aliphatic heterocycles. The van der Waals surface area contributed by atoms with Crippen molar-refractivity contribution in [2.24, 2.45) is 0 Å². The first-order valence-electron chi connectivity index (χ1n) is 9.41. The Labute approximate surface area is 166 Å². The van der Waals surface area contributed by atoms with Crippen LogP contribution in [0.5, 0.6) is 0 Å². The van der Waals surface area contributed by atoms with Crippen LogP contribution in [0.25, 0.3) is 5.69 Å². The molecule has 0 saturated heterocycles. The van der Waals surface area contributed by atoms with E-state index in [1.54, 1.807) is 0 Å². The largest absolute Gasteiger partial charge is 0.304 e. The van der Waals surface area contributed by atoms with E-state index in [9.17, 15) is 4.79 Å². The van der Waals surface area contributed by atoms with Crippen molar-refractivity contribution in [1.29, 1.82) is 0 Å². The Hall–Kier alpha value is -2.40. The molecule has 2 aromatic carbocycles. The molecule has 27 heavy (non-hydrogen) atoms. The van der Waals surface area contributed by atoms with Gasteiger partial charge < -0.3 is 4.90 Å². The van der Waals surface area contributed by atoms with Crippen LogP contribution in [0.1, 0.15) is 40.7 Å². The lowest BCUT2D eigenvalue weighted by molar-refractivity contribution is 0.0975. The molecular weight excluding hydrogens is 402 g/mol. The van der Waals surface area contributed by atoms with Crippen molar-refractivity contribution >= 4 is 27.5 Å². The smallest absolute Gasteiger partial charge is 0.279 e. The molecule has 0 N–H and O–H groups in total. The van der Waals surface area contributed by atoms with E-state index in [-0.39, 0.29) is 11.9 Å². The van der Waals surface area contributed by atoms with Gasteiger partial charge in [-0.25, -0.2) is 4.68 Å². The molecule has 1 atom stereocenters. The number of carbonyl (C=O) groups is 1. The molecule has 1 aromatic heterocycles. The molecule has 0 unspecified atom stereocenters. The second kappa shape index (κ2) is 6.34. The lowest BCUT2D eigenvalue weighted by Gasteiger charge is -2.22. The first kappa shape index (κ1) is 16.8. The molecular formula is C22H20BrN3O. The summed E-state index contributed by atoms with van der Waals surface area (Å²) in [5, 5.41) is 4.80. The van der Waals surface area contributed by atoms with Crippen LogP contribution < -0.4 is 4.90 Å². The van der Waals surface area contributed by atoms with Crippen LogP contribution >= 0.6 is 15.9 Å². The van der Waals surface area contributed by atoms with Gasteiger partial charge in [0.2, 0.25) is 0 Å². The van der Waals surface area contributed by atoms with E-state index in [4.69, 9.17) is 5.10 Å². The van der Waals surface area contributed by atoms with Crippen LogP contribution in [-0.2, 0) is 19.3 Å². The number of amides is 1. The summed E-state index contributed by atoms with van der Waals surface area (Å²) in [6, 6.07) is 16.5. The molecule has 2 heterocycles. The minimum absolute atomic E-state index is 0.0272. The Bertz CT molecular complexity index is 1060. The van der Waals surface area contributed by atoms with Gasteiger partial charge in [-0.1, -0.05) is 40.2 Å². The van der Waals surface area contributed by atoms with Gasteiger partial charge in [0.05, 0.1) is 5.69 Å². The van der Waals surface area contributed by atoms with Gasteiger partial charge in [0.25, 0.3) is 5.91 Å². The van der Waals surface area contributed by atoms with Crippen molar-refractivity contribution in [2.75, 3.05) is 4.90 Å². The van der Waals surface area contributed by atoms with Crippen molar-refractivity contribution in [1.82, 2.24) is 9.78 Å². The minimum Gasteiger partial charge on any atom is -0.304 e. The lowest BCUT2D eigenvalue weighted by Crippen LogP contribution is -2.36. The monoisotopic (exact) mass is 421 g/mol. The first-order valence-corrected chi connectivity index (χ1v) is 10.2. The summed E-state index contributed by atoms with van der Waals surface area (Å²) >= 11 is 3.54. The van der Waals surface area contributed by atoms with Crippen molar-refractivity contribution in [3.05, 3.63) is 75.5 Å². The van der Waals surface area contributed by atoms with Crippen molar-refractivity contribution in [3.8, 4) is 5.69 Å². The van der Waals surface area contributed by atoms with Gasteiger partial charge in [-0.15, -0.1) is 0 Å². The lowest BCUT2D eigenvalue weighted by atomic mass is 10.1. The van der Waals surface area contributed by atoms with Gasteiger partial charge in [0.1, 0.15) is 0 Å². The number of hydrogen-bond acceptors (Lipinski definition) is 2. The maximum absolute atomic E-state index is 13.5. The highest BCUT2D eigenvalue weighted by Gasteiger charge is 2.36. The molecule has 136 valence electrons. The Morgan fingerprint density at radius 1 is 1.15 bits per heavy atom. The number of para-hydroxylation sites is 1. The number of fused-ring (bicyclic) bond motifs is 2. The van der Waals surface area contributed by atoms with Gasteiger partial charge >= 0.3 is 0 Å². The van der Waals surface area contributed by atoms with Crippen LogP contribution in [0.2, 0.25) is 0 Å². The normalized spacial score (nSPS) is 17.9. The van der Waals surface area contributed by atoms with E-state index in [0.29, 0.717) is 5.69 Å². The topological polar surface area (TPSA) is 38.1 Å². The highest BCUT2D eigenvalue weighted by atomic mass is 79.9. The molecule has 0 fully saturated rings. The fourth-order valence-corrected chi connectivity index (χ4v) is 4.81. The molecule has 0 radical (unpaired) electrons.